The van der Waals surface area contributed by atoms with Crippen molar-refractivity contribution < 1.29 is 19.7 Å². The predicted molar refractivity (Wildman–Crippen MR) is 184 cm³/mol. The second kappa shape index (κ2) is 12.4. The SMILES string of the molecule is CSc1nc(O)c2c(n1)CC(c1cc(CSc3nc(O)c4c(n3)CC(c3cccc5ccccc35)OC4)cc3cccc(C)c13)OC2. The monoisotopic (exact) mass is 660 g/mol. The van der Waals surface area contributed by atoms with Gasteiger partial charge in [-0.05, 0) is 57.0 Å². The van der Waals surface area contributed by atoms with Crippen LogP contribution in [-0.4, -0.2) is 36.4 Å². The van der Waals surface area contributed by atoms with Crippen LogP contribution in [0, 0.1) is 6.92 Å². The van der Waals surface area contributed by atoms with E-state index < -0.39 is 0 Å². The summed E-state index contributed by atoms with van der Waals surface area (Å²) in [4.78, 5) is 18.3. The summed E-state index contributed by atoms with van der Waals surface area (Å²) in [6.07, 6.45) is 2.62. The Balaban J connectivity index is 1.08. The zero-order chi connectivity index (χ0) is 32.1. The molecular formula is C37H32N4O4S2. The quantitative estimate of drug-likeness (QED) is 0.135. The number of aromatic hydroxyl groups is 2. The van der Waals surface area contributed by atoms with Crippen molar-refractivity contribution in [2.24, 2.45) is 0 Å². The van der Waals surface area contributed by atoms with Crippen molar-refractivity contribution in [3.63, 3.8) is 0 Å². The molecule has 6 aromatic rings. The van der Waals surface area contributed by atoms with Crippen LogP contribution in [0.4, 0.5) is 0 Å². The van der Waals surface area contributed by atoms with Crippen LogP contribution in [0.25, 0.3) is 21.5 Å². The summed E-state index contributed by atoms with van der Waals surface area (Å²) < 4.78 is 12.6. The molecule has 2 N–H and O–H groups in total. The first-order valence-corrected chi connectivity index (χ1v) is 17.7. The molecule has 0 bridgehead atoms. The largest absolute Gasteiger partial charge is 0.493 e. The van der Waals surface area contributed by atoms with Crippen molar-refractivity contribution in [2.45, 2.75) is 61.3 Å². The molecule has 4 heterocycles. The van der Waals surface area contributed by atoms with Gasteiger partial charge in [-0.1, -0.05) is 96.3 Å². The summed E-state index contributed by atoms with van der Waals surface area (Å²) in [5.41, 5.74) is 7.45. The van der Waals surface area contributed by atoms with E-state index in [-0.39, 0.29) is 37.2 Å². The van der Waals surface area contributed by atoms with E-state index in [9.17, 15) is 10.2 Å². The van der Waals surface area contributed by atoms with Crippen LogP contribution in [0.15, 0.2) is 83.1 Å². The number of rotatable bonds is 6. The molecule has 4 aromatic carbocycles. The molecule has 47 heavy (non-hydrogen) atoms. The van der Waals surface area contributed by atoms with Gasteiger partial charge in [-0.15, -0.1) is 0 Å². The molecule has 0 saturated carbocycles. The summed E-state index contributed by atoms with van der Waals surface area (Å²) in [6, 6.07) is 25.3. The molecule has 2 aliphatic heterocycles. The molecule has 0 aliphatic carbocycles. The minimum Gasteiger partial charge on any atom is -0.493 e. The Bertz CT molecular complexity index is 2170. The maximum absolute atomic E-state index is 10.9. The molecule has 8 nitrogen and oxygen atoms in total. The molecule has 10 heteroatoms. The Morgan fingerprint density at radius 1 is 0.723 bits per heavy atom. The third-order valence-electron chi connectivity index (χ3n) is 9.06. The minimum absolute atomic E-state index is 0.00713. The van der Waals surface area contributed by atoms with E-state index in [1.54, 1.807) is 0 Å². The lowest BCUT2D eigenvalue weighted by Gasteiger charge is -2.27. The molecule has 2 atom stereocenters. The molecule has 2 unspecified atom stereocenters. The summed E-state index contributed by atoms with van der Waals surface area (Å²) >= 11 is 2.91. The topological polar surface area (TPSA) is 110 Å². The van der Waals surface area contributed by atoms with Gasteiger partial charge in [-0.3, -0.25) is 0 Å². The second-order valence-corrected chi connectivity index (χ2v) is 13.7. The van der Waals surface area contributed by atoms with Crippen LogP contribution >= 0.6 is 23.5 Å². The number of benzene rings is 4. The van der Waals surface area contributed by atoms with Crippen LogP contribution in [0.3, 0.4) is 0 Å². The molecule has 2 aliphatic rings. The normalized spacial score (nSPS) is 17.5. The first kappa shape index (κ1) is 30.1. The van der Waals surface area contributed by atoms with Gasteiger partial charge < -0.3 is 19.7 Å². The highest BCUT2D eigenvalue weighted by atomic mass is 32.2. The van der Waals surface area contributed by atoms with E-state index in [4.69, 9.17) is 19.4 Å². The van der Waals surface area contributed by atoms with Gasteiger partial charge in [0.1, 0.15) is 0 Å². The summed E-state index contributed by atoms with van der Waals surface area (Å²) in [7, 11) is 0. The van der Waals surface area contributed by atoms with Crippen molar-refractivity contribution in [1.82, 2.24) is 19.9 Å². The van der Waals surface area contributed by atoms with Crippen molar-refractivity contribution in [1.29, 1.82) is 0 Å². The van der Waals surface area contributed by atoms with Crippen LogP contribution in [0.1, 0.15) is 57.0 Å². The molecular weight excluding hydrogens is 629 g/mol. The molecule has 0 amide bonds. The van der Waals surface area contributed by atoms with E-state index in [2.05, 4.69) is 77.6 Å². The number of hydrogen-bond donors (Lipinski definition) is 2. The van der Waals surface area contributed by atoms with Gasteiger partial charge in [0.15, 0.2) is 10.3 Å². The van der Waals surface area contributed by atoms with Gasteiger partial charge in [0.2, 0.25) is 11.8 Å². The Kier molecular flexibility index (Phi) is 7.97. The van der Waals surface area contributed by atoms with E-state index in [0.29, 0.717) is 40.0 Å². The molecule has 2 aromatic heterocycles. The average molecular weight is 661 g/mol. The van der Waals surface area contributed by atoms with Gasteiger partial charge >= 0.3 is 0 Å². The fourth-order valence-corrected chi connectivity index (χ4v) is 7.92. The molecule has 0 radical (unpaired) electrons. The van der Waals surface area contributed by atoms with Gasteiger partial charge in [0.05, 0.1) is 47.9 Å². The highest BCUT2D eigenvalue weighted by Gasteiger charge is 2.29. The lowest BCUT2D eigenvalue weighted by Crippen LogP contribution is -2.19. The Morgan fingerprint density at radius 2 is 1.36 bits per heavy atom. The molecule has 8 rings (SSSR count). The van der Waals surface area contributed by atoms with Gasteiger partial charge in [-0.2, -0.15) is 9.97 Å². The van der Waals surface area contributed by atoms with Crippen LogP contribution in [0.5, 0.6) is 11.8 Å². The van der Waals surface area contributed by atoms with Gasteiger partial charge in [0, 0.05) is 18.6 Å². The number of nitrogens with zero attached hydrogens (tertiary/aromatic N) is 4. The summed E-state index contributed by atoms with van der Waals surface area (Å²) in [5, 5.41) is 27.1. The predicted octanol–water partition coefficient (Wildman–Crippen LogP) is 7.93. The first-order chi connectivity index (χ1) is 22.9. The van der Waals surface area contributed by atoms with Crippen LogP contribution in [-0.2, 0) is 41.3 Å². The summed E-state index contributed by atoms with van der Waals surface area (Å²) in [6.45, 7) is 2.63. The van der Waals surface area contributed by atoms with Crippen molar-refractivity contribution in [3.8, 4) is 11.8 Å². The summed E-state index contributed by atoms with van der Waals surface area (Å²) in [5.74, 6) is 0.585. The molecule has 0 saturated heterocycles. The third-order valence-corrected chi connectivity index (χ3v) is 10.5. The number of thioether (sulfide) groups is 2. The maximum atomic E-state index is 10.9. The number of aryl methyl sites for hydroxylation is 1. The molecule has 0 spiro atoms. The Hall–Kier alpha value is -4.22. The third kappa shape index (κ3) is 5.69. The van der Waals surface area contributed by atoms with E-state index in [1.807, 2.05) is 18.4 Å². The average Bonchev–Trinajstić information content (AvgIpc) is 3.09. The number of aromatic nitrogens is 4. The zero-order valence-corrected chi connectivity index (χ0v) is 27.6. The fraction of sp³-hybridized carbons (Fsp3) is 0.243. The highest BCUT2D eigenvalue weighted by molar-refractivity contribution is 7.98. The molecule has 0 fully saturated rings. The standard InChI is InChI=1S/C37H32N4O4S2/c1-20-7-5-10-23-13-21(14-26(33(20)23)32-16-29-27(18-45-32)34(42)40-36(38-29)46-2)19-47-37-39-30-15-31(44-17-28(30)35(43)41-37)25-12-6-9-22-8-3-4-11-24(22)25/h3-14,31-32H,15-19H2,1-2H3,(H,38,40,42)(H,39,41,43). The van der Waals surface area contributed by atoms with E-state index >= 15 is 0 Å². The van der Waals surface area contributed by atoms with E-state index in [1.165, 1.54) is 39.9 Å². The lowest BCUT2D eigenvalue weighted by atomic mass is 9.91. The van der Waals surface area contributed by atoms with Crippen LogP contribution in [0.2, 0.25) is 0 Å². The molecule has 236 valence electrons. The lowest BCUT2D eigenvalue weighted by molar-refractivity contribution is 0.0246. The smallest absolute Gasteiger partial charge is 0.220 e. The van der Waals surface area contributed by atoms with E-state index in [0.717, 1.165) is 38.9 Å². The van der Waals surface area contributed by atoms with Gasteiger partial charge in [0.25, 0.3) is 0 Å². The number of hydrogen-bond acceptors (Lipinski definition) is 10. The number of ether oxygens (including phenoxy) is 2. The van der Waals surface area contributed by atoms with Gasteiger partial charge in [-0.25, -0.2) is 9.97 Å². The highest BCUT2D eigenvalue weighted by Crippen LogP contribution is 2.40. The van der Waals surface area contributed by atoms with Crippen molar-refractivity contribution >= 4 is 45.1 Å². The fourth-order valence-electron chi connectivity index (χ4n) is 6.75. The number of fused-ring (bicyclic) bond motifs is 4. The second-order valence-electron chi connectivity index (χ2n) is 11.9. The maximum Gasteiger partial charge on any atom is 0.220 e. The van der Waals surface area contributed by atoms with Crippen LogP contribution < -0.4 is 0 Å². The zero-order valence-electron chi connectivity index (χ0n) is 25.9. The van der Waals surface area contributed by atoms with Crippen molar-refractivity contribution in [3.05, 3.63) is 118 Å². The Morgan fingerprint density at radius 3 is 2.13 bits per heavy atom. The van der Waals surface area contributed by atoms with Crippen molar-refractivity contribution in [2.75, 3.05) is 6.26 Å². The first-order valence-electron chi connectivity index (χ1n) is 15.5. The minimum atomic E-state index is -0.227. The Labute approximate surface area is 280 Å².